The highest BCUT2D eigenvalue weighted by molar-refractivity contribution is 5.68. The number of nitrogens with zero attached hydrogens (tertiary/aromatic N) is 4. The first-order chi connectivity index (χ1) is 10.2. The van der Waals surface area contributed by atoms with Gasteiger partial charge in [-0.15, -0.1) is 0 Å². The van der Waals surface area contributed by atoms with E-state index in [1.807, 2.05) is 61.1 Å². The maximum atomic E-state index is 4.66. The van der Waals surface area contributed by atoms with Crippen molar-refractivity contribution in [2.45, 2.75) is 6.92 Å². The molecule has 0 atom stereocenters. The maximum Gasteiger partial charge on any atom is 0.0917 e. The van der Waals surface area contributed by atoms with Crippen LogP contribution < -0.4 is 4.90 Å². The van der Waals surface area contributed by atoms with Gasteiger partial charge >= 0.3 is 0 Å². The maximum absolute atomic E-state index is 4.66. The molecule has 0 aliphatic rings. The highest BCUT2D eigenvalue weighted by atomic mass is 15.3. The number of hydrogen-bond acceptors (Lipinski definition) is 3. The van der Waals surface area contributed by atoms with E-state index in [9.17, 15) is 0 Å². The van der Waals surface area contributed by atoms with Gasteiger partial charge in [0.25, 0.3) is 0 Å². The molecule has 21 heavy (non-hydrogen) atoms. The van der Waals surface area contributed by atoms with E-state index in [-0.39, 0.29) is 0 Å². The predicted octanol–water partition coefficient (Wildman–Crippen LogP) is 3.31. The lowest BCUT2D eigenvalue weighted by molar-refractivity contribution is 0.860. The van der Waals surface area contributed by atoms with Gasteiger partial charge in [-0.2, -0.15) is 5.10 Å². The fourth-order valence-electron chi connectivity index (χ4n) is 2.40. The average Bonchev–Trinajstić information content (AvgIpc) is 2.90. The average molecular weight is 278 g/mol. The van der Waals surface area contributed by atoms with E-state index in [1.165, 1.54) is 0 Å². The van der Waals surface area contributed by atoms with E-state index in [1.54, 1.807) is 6.20 Å². The Kier molecular flexibility index (Phi) is 3.44. The van der Waals surface area contributed by atoms with Crippen molar-refractivity contribution in [1.29, 1.82) is 0 Å². The van der Waals surface area contributed by atoms with Crippen LogP contribution in [0.2, 0.25) is 0 Å². The first kappa shape index (κ1) is 13.4. The lowest BCUT2D eigenvalue weighted by atomic mass is 10.1. The van der Waals surface area contributed by atoms with Crippen LogP contribution in [0.1, 0.15) is 5.69 Å². The number of benzene rings is 1. The minimum absolute atomic E-state index is 0.996. The molecule has 0 saturated carbocycles. The zero-order chi connectivity index (χ0) is 14.8. The third-order valence-corrected chi connectivity index (χ3v) is 3.39. The lowest BCUT2D eigenvalue weighted by Gasteiger charge is -2.18. The second kappa shape index (κ2) is 5.40. The standard InChI is InChI=1S/C17H18N4/c1-13-11-16(14-7-5-4-6-8-14)21(19-13)15-9-10-18-12-17(15)20(2)3/h4-12H,1-3H3. The molecule has 0 aliphatic carbocycles. The SMILES string of the molecule is Cc1cc(-c2ccccc2)n(-c2ccncc2N(C)C)n1. The summed E-state index contributed by atoms with van der Waals surface area (Å²) < 4.78 is 1.99. The Morgan fingerprint density at radius 3 is 2.52 bits per heavy atom. The highest BCUT2D eigenvalue weighted by Crippen LogP contribution is 2.28. The topological polar surface area (TPSA) is 34.0 Å². The molecule has 2 aromatic heterocycles. The van der Waals surface area contributed by atoms with E-state index < -0.39 is 0 Å². The van der Waals surface area contributed by atoms with E-state index in [2.05, 4.69) is 28.3 Å². The van der Waals surface area contributed by atoms with Crippen molar-refractivity contribution in [1.82, 2.24) is 14.8 Å². The summed E-state index contributed by atoms with van der Waals surface area (Å²) >= 11 is 0. The molecule has 0 aliphatic heterocycles. The fraction of sp³-hybridized carbons (Fsp3) is 0.176. The van der Waals surface area contributed by atoms with Crippen molar-refractivity contribution < 1.29 is 0 Å². The molecule has 4 heteroatoms. The van der Waals surface area contributed by atoms with Crippen LogP contribution in [0.25, 0.3) is 16.9 Å². The lowest BCUT2D eigenvalue weighted by Crippen LogP contribution is -2.13. The Hall–Kier alpha value is -2.62. The van der Waals surface area contributed by atoms with Crippen molar-refractivity contribution >= 4 is 5.69 Å². The van der Waals surface area contributed by atoms with Gasteiger partial charge in [0, 0.05) is 25.9 Å². The van der Waals surface area contributed by atoms with E-state index in [4.69, 9.17) is 0 Å². The molecule has 0 amide bonds. The number of aromatic nitrogens is 3. The molecule has 106 valence electrons. The number of hydrogen-bond donors (Lipinski definition) is 0. The van der Waals surface area contributed by atoms with Crippen LogP contribution in [0.15, 0.2) is 54.9 Å². The molecule has 3 aromatic rings. The highest BCUT2D eigenvalue weighted by Gasteiger charge is 2.13. The van der Waals surface area contributed by atoms with Gasteiger partial charge in [-0.25, -0.2) is 4.68 Å². The quantitative estimate of drug-likeness (QED) is 0.737. The summed E-state index contributed by atoms with van der Waals surface area (Å²) in [5, 5.41) is 4.66. The Labute approximate surface area is 124 Å². The van der Waals surface area contributed by atoms with E-state index in [0.717, 1.165) is 28.3 Å². The van der Waals surface area contributed by atoms with Crippen LogP contribution in [0.4, 0.5) is 5.69 Å². The Morgan fingerprint density at radius 2 is 1.81 bits per heavy atom. The molecule has 0 bridgehead atoms. The first-order valence-corrected chi connectivity index (χ1v) is 6.90. The largest absolute Gasteiger partial charge is 0.375 e. The van der Waals surface area contributed by atoms with Crippen molar-refractivity contribution in [2.24, 2.45) is 0 Å². The van der Waals surface area contributed by atoms with Crippen molar-refractivity contribution in [2.75, 3.05) is 19.0 Å². The molecule has 0 radical (unpaired) electrons. The second-order valence-corrected chi connectivity index (χ2v) is 5.21. The van der Waals surface area contributed by atoms with Gasteiger partial charge in [0.15, 0.2) is 0 Å². The monoisotopic (exact) mass is 278 g/mol. The molecule has 0 N–H and O–H groups in total. The predicted molar refractivity (Wildman–Crippen MR) is 85.9 cm³/mol. The molecule has 2 heterocycles. The van der Waals surface area contributed by atoms with Gasteiger partial charge in [0.05, 0.1) is 29.0 Å². The number of rotatable bonds is 3. The normalized spacial score (nSPS) is 10.6. The molecule has 0 spiro atoms. The summed E-state index contributed by atoms with van der Waals surface area (Å²) in [6.07, 6.45) is 3.66. The third-order valence-electron chi connectivity index (χ3n) is 3.39. The van der Waals surface area contributed by atoms with Crippen LogP contribution in [0.5, 0.6) is 0 Å². The van der Waals surface area contributed by atoms with Gasteiger partial charge in [0.2, 0.25) is 0 Å². The van der Waals surface area contributed by atoms with Crippen LogP contribution in [-0.4, -0.2) is 28.9 Å². The van der Waals surface area contributed by atoms with Crippen LogP contribution >= 0.6 is 0 Å². The van der Waals surface area contributed by atoms with E-state index >= 15 is 0 Å². The number of anilines is 1. The second-order valence-electron chi connectivity index (χ2n) is 5.21. The summed E-state index contributed by atoms with van der Waals surface area (Å²) in [5.41, 5.74) is 5.30. The summed E-state index contributed by atoms with van der Waals surface area (Å²) in [7, 11) is 4.03. The Morgan fingerprint density at radius 1 is 1.05 bits per heavy atom. The van der Waals surface area contributed by atoms with Crippen LogP contribution in [-0.2, 0) is 0 Å². The zero-order valence-corrected chi connectivity index (χ0v) is 12.5. The van der Waals surface area contributed by atoms with Crippen molar-refractivity contribution in [3.8, 4) is 16.9 Å². The zero-order valence-electron chi connectivity index (χ0n) is 12.5. The molecule has 1 aromatic carbocycles. The molecule has 0 unspecified atom stereocenters. The van der Waals surface area contributed by atoms with Crippen LogP contribution in [0, 0.1) is 6.92 Å². The number of aryl methyl sites for hydroxylation is 1. The van der Waals surface area contributed by atoms with Crippen LogP contribution in [0.3, 0.4) is 0 Å². The van der Waals surface area contributed by atoms with Gasteiger partial charge < -0.3 is 4.90 Å². The Balaban J connectivity index is 2.21. The summed E-state index contributed by atoms with van der Waals surface area (Å²) in [5.74, 6) is 0. The summed E-state index contributed by atoms with van der Waals surface area (Å²) in [4.78, 5) is 6.27. The van der Waals surface area contributed by atoms with Crippen molar-refractivity contribution in [3.05, 3.63) is 60.6 Å². The smallest absolute Gasteiger partial charge is 0.0917 e. The summed E-state index contributed by atoms with van der Waals surface area (Å²) in [6.45, 7) is 2.01. The molecular formula is C17H18N4. The minimum Gasteiger partial charge on any atom is -0.375 e. The molecule has 4 nitrogen and oxygen atoms in total. The minimum atomic E-state index is 0.996. The van der Waals surface area contributed by atoms with Crippen molar-refractivity contribution in [3.63, 3.8) is 0 Å². The van der Waals surface area contributed by atoms with Gasteiger partial charge in [-0.05, 0) is 19.1 Å². The van der Waals surface area contributed by atoms with Gasteiger partial charge in [0.1, 0.15) is 0 Å². The summed E-state index contributed by atoms with van der Waals surface area (Å²) in [6, 6.07) is 14.4. The van der Waals surface area contributed by atoms with E-state index in [0.29, 0.717) is 0 Å². The molecule has 0 saturated heterocycles. The Bertz CT molecular complexity index is 744. The third kappa shape index (κ3) is 2.52. The molecule has 3 rings (SSSR count). The first-order valence-electron chi connectivity index (χ1n) is 6.90. The van der Waals surface area contributed by atoms with Gasteiger partial charge in [-0.1, -0.05) is 30.3 Å². The van der Waals surface area contributed by atoms with Gasteiger partial charge in [-0.3, -0.25) is 4.98 Å². The molecular weight excluding hydrogens is 260 g/mol. The number of pyridine rings is 1. The fourth-order valence-corrected chi connectivity index (χ4v) is 2.40. The molecule has 0 fully saturated rings.